The minimum Gasteiger partial charge on any atom is -0.359 e. The molecule has 0 radical (unpaired) electrons. The third-order valence-electron chi connectivity index (χ3n) is 3.19. The Morgan fingerprint density at radius 1 is 0.875 bits per heavy atom. The highest BCUT2D eigenvalue weighted by Gasteiger charge is 2.05. The Kier molecular flexibility index (Phi) is 1.33. The van der Waals surface area contributed by atoms with E-state index in [1.807, 2.05) is 6.20 Å². The molecule has 3 aromatic heterocycles. The van der Waals surface area contributed by atoms with E-state index in [1.54, 1.807) is 0 Å². The van der Waals surface area contributed by atoms with Crippen LogP contribution in [0.2, 0.25) is 0 Å². The van der Waals surface area contributed by atoms with E-state index in [4.69, 9.17) is 0 Å². The minimum atomic E-state index is 1.21. The van der Waals surface area contributed by atoms with Crippen molar-refractivity contribution >= 4 is 27.3 Å². The van der Waals surface area contributed by atoms with E-state index >= 15 is 0 Å². The Morgan fingerprint density at radius 2 is 1.81 bits per heavy atom. The second-order valence-electron chi connectivity index (χ2n) is 4.08. The van der Waals surface area contributed by atoms with Crippen molar-refractivity contribution in [3.05, 3.63) is 54.9 Å². The van der Waals surface area contributed by atoms with E-state index in [0.29, 0.717) is 0 Å². The monoisotopic (exact) mass is 206 g/mol. The summed E-state index contributed by atoms with van der Waals surface area (Å²) in [6.07, 6.45) is 4.12. The van der Waals surface area contributed by atoms with Gasteiger partial charge in [0.05, 0.1) is 16.6 Å². The van der Waals surface area contributed by atoms with Crippen LogP contribution in [0.25, 0.3) is 27.3 Å². The maximum absolute atomic E-state index is 3.30. The highest BCUT2D eigenvalue weighted by molar-refractivity contribution is 6.00. The molecule has 16 heavy (non-hydrogen) atoms. The number of hydrogen-bond donors (Lipinski definition) is 1. The van der Waals surface area contributed by atoms with Gasteiger partial charge in [0.2, 0.25) is 0 Å². The number of H-pyrrole nitrogens is 1. The first kappa shape index (κ1) is 7.99. The lowest BCUT2D eigenvalue weighted by Crippen LogP contribution is -1.83. The van der Waals surface area contributed by atoms with E-state index in [-0.39, 0.29) is 0 Å². The zero-order chi connectivity index (χ0) is 10.5. The van der Waals surface area contributed by atoms with Crippen LogP contribution in [0.1, 0.15) is 0 Å². The molecule has 1 N–H and O–H groups in total. The Bertz CT molecular complexity index is 805. The molecule has 0 aliphatic rings. The van der Waals surface area contributed by atoms with Crippen molar-refractivity contribution in [2.45, 2.75) is 0 Å². The summed E-state index contributed by atoms with van der Waals surface area (Å²) >= 11 is 0. The number of rotatable bonds is 0. The van der Waals surface area contributed by atoms with Gasteiger partial charge in [0.15, 0.2) is 0 Å². The molecule has 0 aliphatic carbocycles. The van der Waals surface area contributed by atoms with Crippen LogP contribution in [0.4, 0.5) is 0 Å². The van der Waals surface area contributed by atoms with Crippen LogP contribution < -0.4 is 0 Å². The standard InChI is InChI=1S/C14H10N2/c1-2-4-12-11(3-1)9-13-14-10(5-7-15-14)6-8-16(12)13/h1-9,15H. The molecule has 0 saturated carbocycles. The van der Waals surface area contributed by atoms with Crippen molar-refractivity contribution in [2.75, 3.05) is 0 Å². The first-order chi connectivity index (χ1) is 7.93. The maximum Gasteiger partial charge on any atom is 0.0704 e. The minimum absolute atomic E-state index is 1.21. The van der Waals surface area contributed by atoms with Gasteiger partial charge >= 0.3 is 0 Å². The van der Waals surface area contributed by atoms with Crippen molar-refractivity contribution in [3.8, 4) is 0 Å². The molecule has 0 saturated heterocycles. The van der Waals surface area contributed by atoms with Gasteiger partial charge in [-0.3, -0.25) is 0 Å². The van der Waals surface area contributed by atoms with Crippen molar-refractivity contribution in [1.82, 2.24) is 9.38 Å². The lowest BCUT2D eigenvalue weighted by atomic mass is 10.2. The third-order valence-corrected chi connectivity index (χ3v) is 3.19. The molecule has 0 atom stereocenters. The summed E-state index contributed by atoms with van der Waals surface area (Å²) in [5.74, 6) is 0. The van der Waals surface area contributed by atoms with Gasteiger partial charge in [0.1, 0.15) is 0 Å². The van der Waals surface area contributed by atoms with Crippen LogP contribution in [-0.2, 0) is 0 Å². The average Bonchev–Trinajstić information content (AvgIpc) is 2.92. The van der Waals surface area contributed by atoms with E-state index < -0.39 is 0 Å². The van der Waals surface area contributed by atoms with Gasteiger partial charge in [-0.05, 0) is 24.3 Å². The van der Waals surface area contributed by atoms with Crippen LogP contribution in [0.3, 0.4) is 0 Å². The zero-order valence-electron chi connectivity index (χ0n) is 8.64. The molecule has 0 aliphatic heterocycles. The molecule has 0 fully saturated rings. The zero-order valence-corrected chi connectivity index (χ0v) is 8.64. The van der Waals surface area contributed by atoms with Crippen molar-refractivity contribution in [2.24, 2.45) is 0 Å². The van der Waals surface area contributed by atoms with E-state index in [2.05, 4.69) is 58.0 Å². The second-order valence-corrected chi connectivity index (χ2v) is 4.08. The molecule has 3 heterocycles. The quantitative estimate of drug-likeness (QED) is 0.454. The summed E-state index contributed by atoms with van der Waals surface area (Å²) in [6.45, 7) is 0. The highest BCUT2D eigenvalue weighted by Crippen LogP contribution is 2.25. The van der Waals surface area contributed by atoms with Crippen molar-refractivity contribution in [1.29, 1.82) is 0 Å². The number of nitrogens with zero attached hydrogens (tertiary/aromatic N) is 1. The van der Waals surface area contributed by atoms with E-state index in [9.17, 15) is 0 Å². The molecular formula is C14H10N2. The SMILES string of the molecule is c1ccc2c(c1)cc1c3[nH]ccc3ccn21. The number of hydrogen-bond acceptors (Lipinski definition) is 0. The van der Waals surface area contributed by atoms with Crippen LogP contribution >= 0.6 is 0 Å². The molecule has 1 aromatic carbocycles. The van der Waals surface area contributed by atoms with Gasteiger partial charge in [-0.2, -0.15) is 0 Å². The summed E-state index contributed by atoms with van der Waals surface area (Å²) in [4.78, 5) is 3.30. The Morgan fingerprint density at radius 3 is 2.81 bits per heavy atom. The molecule has 0 spiro atoms. The predicted molar refractivity (Wildman–Crippen MR) is 66.8 cm³/mol. The number of nitrogens with one attached hydrogen (secondary N) is 1. The number of aromatic nitrogens is 2. The fourth-order valence-electron chi connectivity index (χ4n) is 2.43. The number of para-hydroxylation sites is 1. The Labute approximate surface area is 92.1 Å². The van der Waals surface area contributed by atoms with Gasteiger partial charge in [0, 0.05) is 23.2 Å². The van der Waals surface area contributed by atoms with Crippen LogP contribution in [0.5, 0.6) is 0 Å². The molecule has 0 unspecified atom stereocenters. The average molecular weight is 206 g/mol. The summed E-state index contributed by atoms with van der Waals surface area (Å²) < 4.78 is 2.23. The van der Waals surface area contributed by atoms with Crippen LogP contribution in [0.15, 0.2) is 54.9 Å². The summed E-state index contributed by atoms with van der Waals surface area (Å²) in [5.41, 5.74) is 3.71. The molecule has 2 heteroatoms. The summed E-state index contributed by atoms with van der Waals surface area (Å²) in [6, 6.07) is 14.9. The normalized spacial score (nSPS) is 11.8. The number of aromatic amines is 1. The van der Waals surface area contributed by atoms with Gasteiger partial charge in [-0.15, -0.1) is 0 Å². The second kappa shape index (κ2) is 2.67. The predicted octanol–water partition coefficient (Wildman–Crippen LogP) is 3.57. The topological polar surface area (TPSA) is 20.2 Å². The van der Waals surface area contributed by atoms with Gasteiger partial charge in [0.25, 0.3) is 0 Å². The third kappa shape index (κ3) is 0.865. The molecule has 4 aromatic rings. The fraction of sp³-hybridized carbons (Fsp3) is 0. The summed E-state index contributed by atoms with van der Waals surface area (Å²) in [7, 11) is 0. The van der Waals surface area contributed by atoms with Crippen LogP contribution in [0, 0.1) is 0 Å². The van der Waals surface area contributed by atoms with E-state index in [0.717, 1.165) is 0 Å². The number of fused-ring (bicyclic) bond motifs is 5. The van der Waals surface area contributed by atoms with Crippen molar-refractivity contribution in [3.63, 3.8) is 0 Å². The Hall–Kier alpha value is -2.22. The molecule has 0 amide bonds. The molecule has 0 bridgehead atoms. The lowest BCUT2D eigenvalue weighted by molar-refractivity contribution is 1.26. The molecule has 4 rings (SSSR count). The maximum atomic E-state index is 3.30. The highest BCUT2D eigenvalue weighted by atomic mass is 14.9. The largest absolute Gasteiger partial charge is 0.359 e. The van der Waals surface area contributed by atoms with Gasteiger partial charge < -0.3 is 9.38 Å². The fourth-order valence-corrected chi connectivity index (χ4v) is 2.43. The molecular weight excluding hydrogens is 196 g/mol. The van der Waals surface area contributed by atoms with Crippen LogP contribution in [-0.4, -0.2) is 9.38 Å². The lowest BCUT2D eigenvalue weighted by Gasteiger charge is -1.97. The number of pyridine rings is 1. The number of benzene rings is 1. The van der Waals surface area contributed by atoms with Crippen molar-refractivity contribution < 1.29 is 0 Å². The summed E-state index contributed by atoms with van der Waals surface area (Å²) in [5, 5.41) is 2.54. The van der Waals surface area contributed by atoms with Gasteiger partial charge in [-0.1, -0.05) is 18.2 Å². The first-order valence-corrected chi connectivity index (χ1v) is 5.39. The van der Waals surface area contributed by atoms with E-state index in [1.165, 1.54) is 27.3 Å². The van der Waals surface area contributed by atoms with Gasteiger partial charge in [-0.25, -0.2) is 0 Å². The first-order valence-electron chi connectivity index (χ1n) is 5.39. The molecule has 76 valence electrons. The Balaban J connectivity index is 2.38. The molecule has 2 nitrogen and oxygen atoms in total. The smallest absolute Gasteiger partial charge is 0.0704 e.